The molecule has 2 N–H and O–H groups in total. The highest BCUT2D eigenvalue weighted by molar-refractivity contribution is 7.09. The minimum atomic E-state index is -0.212. The van der Waals surface area contributed by atoms with Crippen LogP contribution in [0.4, 0.5) is 0 Å². The normalized spacial score (nSPS) is 10.7. The molecule has 3 aromatic rings. The average Bonchev–Trinajstić information content (AvgIpc) is 3.19. The monoisotopic (exact) mass is 302 g/mol. The molecule has 0 fully saturated rings. The topological polar surface area (TPSA) is 83.8 Å². The summed E-state index contributed by atoms with van der Waals surface area (Å²) in [6, 6.07) is 5.26. The molecule has 1 amide bonds. The predicted molar refractivity (Wildman–Crippen MR) is 79.2 cm³/mol. The first kappa shape index (κ1) is 13.6. The molecule has 3 aromatic heterocycles. The second kappa shape index (κ2) is 5.92. The number of nitrogens with one attached hydrogen (secondary N) is 2. The number of hydrogen-bond acceptors (Lipinski definition) is 5. The van der Waals surface area contributed by atoms with Gasteiger partial charge in [-0.15, -0.1) is 11.3 Å². The van der Waals surface area contributed by atoms with Crippen molar-refractivity contribution in [3.05, 3.63) is 46.2 Å². The largest absolute Gasteiger partial charge is 0.463 e. The Labute approximate surface area is 125 Å². The minimum Gasteiger partial charge on any atom is -0.463 e. The summed E-state index contributed by atoms with van der Waals surface area (Å²) in [5, 5.41) is 12.6. The van der Waals surface area contributed by atoms with Crippen LogP contribution in [0.5, 0.6) is 0 Å². The summed E-state index contributed by atoms with van der Waals surface area (Å²) in [5.41, 5.74) is 2.02. The van der Waals surface area contributed by atoms with E-state index in [0.717, 1.165) is 10.7 Å². The first-order valence-corrected chi connectivity index (χ1v) is 7.39. The molecule has 0 aliphatic carbocycles. The van der Waals surface area contributed by atoms with E-state index in [4.69, 9.17) is 4.42 Å². The van der Waals surface area contributed by atoms with Crippen molar-refractivity contribution >= 4 is 17.2 Å². The van der Waals surface area contributed by atoms with Crippen molar-refractivity contribution in [2.24, 2.45) is 0 Å². The van der Waals surface area contributed by atoms with Gasteiger partial charge in [-0.3, -0.25) is 9.89 Å². The molecule has 0 aliphatic rings. The highest BCUT2D eigenvalue weighted by Crippen LogP contribution is 2.17. The highest BCUT2D eigenvalue weighted by atomic mass is 32.1. The number of aromatic nitrogens is 3. The highest BCUT2D eigenvalue weighted by Gasteiger charge is 2.12. The zero-order chi connectivity index (χ0) is 14.7. The van der Waals surface area contributed by atoms with Crippen LogP contribution in [0.15, 0.2) is 34.3 Å². The Morgan fingerprint density at radius 3 is 3.14 bits per heavy atom. The second-order valence-electron chi connectivity index (χ2n) is 4.51. The molecular weight excluding hydrogens is 288 g/mol. The molecule has 3 rings (SSSR count). The zero-order valence-electron chi connectivity index (χ0n) is 11.4. The van der Waals surface area contributed by atoms with Gasteiger partial charge in [0.2, 0.25) is 0 Å². The van der Waals surface area contributed by atoms with Crippen molar-refractivity contribution in [3.63, 3.8) is 0 Å². The van der Waals surface area contributed by atoms with Gasteiger partial charge < -0.3 is 9.73 Å². The van der Waals surface area contributed by atoms with Gasteiger partial charge >= 0.3 is 0 Å². The van der Waals surface area contributed by atoms with E-state index in [9.17, 15) is 4.79 Å². The second-order valence-corrected chi connectivity index (χ2v) is 5.57. The van der Waals surface area contributed by atoms with E-state index >= 15 is 0 Å². The molecule has 21 heavy (non-hydrogen) atoms. The number of amides is 1. The fraction of sp³-hybridized carbons (Fsp3) is 0.214. The van der Waals surface area contributed by atoms with Gasteiger partial charge in [0.05, 0.1) is 17.0 Å². The van der Waals surface area contributed by atoms with E-state index in [2.05, 4.69) is 20.5 Å². The lowest BCUT2D eigenvalue weighted by Crippen LogP contribution is -2.26. The Balaban J connectivity index is 1.56. The molecule has 0 bridgehead atoms. The standard InChI is InChI=1S/C14H14N4O2S/c1-9-16-10(8-21-9)4-5-15-14(19)12-7-11(17-18-12)13-3-2-6-20-13/h2-3,6-8H,4-5H2,1H3,(H,15,19)(H,17,18). The lowest BCUT2D eigenvalue weighted by molar-refractivity contribution is 0.0949. The smallest absolute Gasteiger partial charge is 0.271 e. The number of hydrogen-bond donors (Lipinski definition) is 2. The minimum absolute atomic E-state index is 0.212. The first-order chi connectivity index (χ1) is 10.2. The van der Waals surface area contributed by atoms with Crippen LogP contribution in [0.2, 0.25) is 0 Å². The first-order valence-electron chi connectivity index (χ1n) is 6.51. The van der Waals surface area contributed by atoms with Crippen molar-refractivity contribution in [2.45, 2.75) is 13.3 Å². The lowest BCUT2D eigenvalue weighted by Gasteiger charge is -2.00. The molecule has 0 radical (unpaired) electrons. The third-order valence-corrected chi connectivity index (χ3v) is 3.75. The molecule has 0 saturated carbocycles. The van der Waals surface area contributed by atoms with Gasteiger partial charge in [0.1, 0.15) is 5.69 Å². The van der Waals surface area contributed by atoms with Gasteiger partial charge in [0, 0.05) is 24.4 Å². The van der Waals surface area contributed by atoms with Crippen LogP contribution in [-0.2, 0) is 6.42 Å². The van der Waals surface area contributed by atoms with Crippen LogP contribution in [0.25, 0.3) is 11.5 Å². The van der Waals surface area contributed by atoms with Crippen LogP contribution >= 0.6 is 11.3 Å². The van der Waals surface area contributed by atoms with Gasteiger partial charge in [-0.05, 0) is 19.1 Å². The van der Waals surface area contributed by atoms with E-state index in [1.807, 2.05) is 12.3 Å². The van der Waals surface area contributed by atoms with Crippen LogP contribution in [-0.4, -0.2) is 27.6 Å². The molecular formula is C14H14N4O2S. The summed E-state index contributed by atoms with van der Waals surface area (Å²) in [5.74, 6) is 0.440. The zero-order valence-corrected chi connectivity index (χ0v) is 12.2. The quantitative estimate of drug-likeness (QED) is 0.758. The Bertz CT molecular complexity index is 730. The molecule has 0 atom stereocenters. The predicted octanol–water partition coefficient (Wildman–Crippen LogP) is 2.41. The lowest BCUT2D eigenvalue weighted by atomic mass is 10.3. The number of nitrogens with zero attached hydrogens (tertiary/aromatic N) is 2. The molecule has 0 spiro atoms. The van der Waals surface area contributed by atoms with Crippen molar-refractivity contribution in [3.8, 4) is 11.5 Å². The van der Waals surface area contributed by atoms with Gasteiger partial charge in [0.15, 0.2) is 11.5 Å². The fourth-order valence-corrected chi connectivity index (χ4v) is 2.56. The SMILES string of the molecule is Cc1nc(CCNC(=O)c2cc(-c3ccco3)[nH]n2)cs1. The van der Waals surface area contributed by atoms with E-state index in [1.54, 1.807) is 35.8 Å². The number of aryl methyl sites for hydroxylation is 1. The molecule has 108 valence electrons. The summed E-state index contributed by atoms with van der Waals surface area (Å²) in [6.07, 6.45) is 2.29. The molecule has 0 aliphatic heterocycles. The van der Waals surface area contributed by atoms with Gasteiger partial charge in [0.25, 0.3) is 5.91 Å². The van der Waals surface area contributed by atoms with Crippen molar-refractivity contribution < 1.29 is 9.21 Å². The van der Waals surface area contributed by atoms with Gasteiger partial charge in [-0.25, -0.2) is 4.98 Å². The average molecular weight is 302 g/mol. The molecule has 0 unspecified atom stereocenters. The van der Waals surface area contributed by atoms with Gasteiger partial charge in [-0.2, -0.15) is 5.10 Å². The molecule has 7 heteroatoms. The van der Waals surface area contributed by atoms with E-state index in [-0.39, 0.29) is 5.91 Å². The number of thiazole rings is 1. The van der Waals surface area contributed by atoms with Crippen LogP contribution in [0.3, 0.4) is 0 Å². The maximum Gasteiger partial charge on any atom is 0.271 e. The molecule has 0 aromatic carbocycles. The summed E-state index contributed by atoms with van der Waals surface area (Å²) >= 11 is 1.61. The maximum atomic E-state index is 12.0. The number of furan rings is 1. The van der Waals surface area contributed by atoms with Crippen LogP contribution in [0.1, 0.15) is 21.2 Å². The number of H-pyrrole nitrogens is 1. The third-order valence-electron chi connectivity index (χ3n) is 2.93. The Morgan fingerprint density at radius 2 is 2.43 bits per heavy atom. The number of rotatable bonds is 5. The number of carbonyl (C=O) groups is 1. The van der Waals surface area contributed by atoms with E-state index < -0.39 is 0 Å². The summed E-state index contributed by atoms with van der Waals surface area (Å²) in [4.78, 5) is 16.3. The van der Waals surface area contributed by atoms with Crippen LogP contribution in [0, 0.1) is 6.92 Å². The van der Waals surface area contributed by atoms with Crippen molar-refractivity contribution in [1.82, 2.24) is 20.5 Å². The Hall–Kier alpha value is -2.41. The summed E-state index contributed by atoms with van der Waals surface area (Å²) in [7, 11) is 0. The van der Waals surface area contributed by atoms with Crippen molar-refractivity contribution in [1.29, 1.82) is 0 Å². The van der Waals surface area contributed by atoms with Crippen molar-refractivity contribution in [2.75, 3.05) is 6.54 Å². The fourth-order valence-electron chi connectivity index (χ4n) is 1.91. The number of aromatic amines is 1. The van der Waals surface area contributed by atoms with Crippen LogP contribution < -0.4 is 5.32 Å². The summed E-state index contributed by atoms with van der Waals surface area (Å²) in [6.45, 7) is 2.50. The summed E-state index contributed by atoms with van der Waals surface area (Å²) < 4.78 is 5.24. The van der Waals surface area contributed by atoms with E-state index in [0.29, 0.717) is 30.1 Å². The molecule has 6 nitrogen and oxygen atoms in total. The van der Waals surface area contributed by atoms with E-state index in [1.165, 1.54) is 0 Å². The molecule has 3 heterocycles. The van der Waals surface area contributed by atoms with Gasteiger partial charge in [-0.1, -0.05) is 0 Å². The third kappa shape index (κ3) is 3.19. The maximum absolute atomic E-state index is 12.0. The Kier molecular flexibility index (Phi) is 3.83. The molecule has 0 saturated heterocycles. The Morgan fingerprint density at radius 1 is 1.52 bits per heavy atom. The number of carbonyl (C=O) groups excluding carboxylic acids is 1.